The maximum Gasteiger partial charge on any atom is 0.299 e. The maximum absolute atomic E-state index is 10.1. The molecule has 0 bridgehead atoms. The Morgan fingerprint density at radius 3 is 1.62 bits per heavy atom. The maximum atomic E-state index is 10.1. The number of rotatable bonds is 1. The molecule has 7 heteroatoms. The van der Waals surface area contributed by atoms with Gasteiger partial charge in [0.2, 0.25) is 0 Å². The van der Waals surface area contributed by atoms with Crippen LogP contribution in [0.4, 0.5) is 0 Å². The first kappa shape index (κ1) is 9.85. The van der Waals surface area contributed by atoms with Crippen LogP contribution in [-0.2, 0) is 10.1 Å². The highest BCUT2D eigenvalue weighted by atomic mass is 127. The molecule has 0 aliphatic rings. The fourth-order valence-corrected chi connectivity index (χ4v) is 0. The lowest BCUT2D eigenvalue weighted by Gasteiger charge is -2.05. The zero-order valence-electron chi connectivity index (χ0n) is 3.31. The van der Waals surface area contributed by atoms with Crippen molar-refractivity contribution in [1.29, 1.82) is 0 Å². The van der Waals surface area contributed by atoms with Crippen LogP contribution in [-0.4, -0.2) is 12.6 Å². The molecule has 3 nitrogen and oxygen atoms in total. The van der Waals surface area contributed by atoms with Gasteiger partial charge in [-0.2, -0.15) is 8.42 Å². The van der Waals surface area contributed by atoms with Crippen molar-refractivity contribution in [2.75, 3.05) is 0 Å². The first-order chi connectivity index (χ1) is 3.25. The summed E-state index contributed by atoms with van der Waals surface area (Å²) in [5, 5.41) is 0. The molecule has 0 radical (unpaired) electrons. The Kier molecular flexibility index (Phi) is 3.50. The van der Waals surface area contributed by atoms with Crippen molar-refractivity contribution in [3.05, 3.63) is 0 Å². The third-order valence-electron chi connectivity index (χ3n) is 0.292. The molecule has 0 aromatic heterocycles. The molecule has 0 saturated carbocycles. The van der Waals surface area contributed by atoms with E-state index in [2.05, 4.69) is 15.9 Å². The van der Waals surface area contributed by atoms with Crippen molar-refractivity contribution < 1.29 is 13.0 Å². The first-order valence-corrected chi connectivity index (χ1v) is 5.68. The van der Waals surface area contributed by atoms with Gasteiger partial charge in [-0.15, -0.1) is 0 Å². The van der Waals surface area contributed by atoms with Gasteiger partial charge in [-0.1, -0.05) is 0 Å². The summed E-state index contributed by atoms with van der Waals surface area (Å²) in [5.74, 6) is 0. The molecule has 0 unspecified atom stereocenters. The Bertz CT molecular complexity index is 166. The Balaban J connectivity index is 4.53. The van der Waals surface area contributed by atoms with Gasteiger partial charge in [0.25, 0.3) is 9.79 Å². The highest BCUT2D eigenvalue weighted by Gasteiger charge is 2.33. The van der Waals surface area contributed by atoms with E-state index in [0.29, 0.717) is 0 Å². The van der Waals surface area contributed by atoms with Crippen LogP contribution in [0.15, 0.2) is 0 Å². The van der Waals surface area contributed by atoms with Gasteiger partial charge in [-0.25, -0.2) is 0 Å². The topological polar surface area (TPSA) is 54.4 Å². The molecule has 0 rings (SSSR count). The second-order valence-electron chi connectivity index (χ2n) is 0.921. The summed E-state index contributed by atoms with van der Waals surface area (Å²) >= 11 is 5.83. The SMILES string of the molecule is O=S(=O)(O)C(Br)(I)I. The number of alkyl halides is 3. The zero-order chi connectivity index (χ0) is 7.00. The Morgan fingerprint density at radius 1 is 1.50 bits per heavy atom. The summed E-state index contributed by atoms with van der Waals surface area (Å²) in [4.78, 5) is 0. The van der Waals surface area contributed by atoms with E-state index in [1.54, 1.807) is 45.2 Å². The van der Waals surface area contributed by atoms with Crippen molar-refractivity contribution in [2.24, 2.45) is 0 Å². The minimum atomic E-state index is -3.95. The van der Waals surface area contributed by atoms with Crippen LogP contribution in [0.25, 0.3) is 0 Å². The largest absolute Gasteiger partial charge is 0.299 e. The van der Waals surface area contributed by atoms with Gasteiger partial charge in [0.15, 0.2) is 0 Å². The van der Waals surface area contributed by atoms with Crippen molar-refractivity contribution in [3.63, 3.8) is 0 Å². The van der Waals surface area contributed by atoms with Crippen molar-refractivity contribution in [3.8, 4) is 0 Å². The van der Waals surface area contributed by atoms with Crippen molar-refractivity contribution in [2.45, 2.75) is -0.330 Å². The third kappa shape index (κ3) is 3.13. The smallest absolute Gasteiger partial charge is 0.283 e. The van der Waals surface area contributed by atoms with Crippen molar-refractivity contribution in [1.82, 2.24) is 0 Å². The Labute approximate surface area is 82.8 Å². The first-order valence-electron chi connectivity index (χ1n) is 1.29. The van der Waals surface area contributed by atoms with Gasteiger partial charge in [0.1, 0.15) is 0 Å². The van der Waals surface area contributed by atoms with Gasteiger partial charge in [-0.3, -0.25) is 4.55 Å². The minimum absolute atomic E-state index is 1.28. The van der Waals surface area contributed by atoms with Crippen LogP contribution in [0, 0.1) is 0 Å². The van der Waals surface area contributed by atoms with Crippen molar-refractivity contribution >= 4 is 71.2 Å². The molecule has 0 aliphatic heterocycles. The van der Waals surface area contributed by atoms with E-state index in [-0.39, 0.29) is 0 Å². The fourth-order valence-electron chi connectivity index (χ4n) is 0. The van der Waals surface area contributed by atoms with E-state index in [1.807, 2.05) is 0 Å². The molecule has 0 heterocycles. The molecule has 0 aliphatic carbocycles. The predicted molar refractivity (Wildman–Crippen MR) is 51.2 cm³/mol. The second kappa shape index (κ2) is 2.84. The molecule has 0 amide bonds. The summed E-state index contributed by atoms with van der Waals surface area (Å²) < 4.78 is 27.3. The van der Waals surface area contributed by atoms with E-state index < -0.39 is 9.79 Å². The molecule has 1 N–H and O–H groups in total. The molecule has 0 aromatic rings. The van der Waals surface area contributed by atoms with Gasteiger partial charge < -0.3 is 0 Å². The molecule has 50 valence electrons. The van der Waals surface area contributed by atoms with Crippen LogP contribution in [0.1, 0.15) is 0 Å². The summed E-state index contributed by atoms with van der Waals surface area (Å²) in [5.41, 5.74) is 0. The van der Waals surface area contributed by atoms with E-state index in [1.165, 1.54) is 0 Å². The van der Waals surface area contributed by atoms with E-state index in [4.69, 9.17) is 4.55 Å². The molecule has 0 saturated heterocycles. The average molecular weight is 427 g/mol. The predicted octanol–water partition coefficient (Wildman–Crippen LogP) is 1.75. The second-order valence-corrected chi connectivity index (χ2v) is 13.9. The highest BCUT2D eigenvalue weighted by Crippen LogP contribution is 2.39. The zero-order valence-corrected chi connectivity index (χ0v) is 10.0. The molecule has 0 atom stereocenters. The van der Waals surface area contributed by atoms with Gasteiger partial charge >= 0.3 is 0 Å². The molecule has 0 aromatic carbocycles. The summed E-state index contributed by atoms with van der Waals surface area (Å²) in [7, 11) is -3.95. The average Bonchev–Trinajstić information content (AvgIpc) is 1.25. The lowest BCUT2D eigenvalue weighted by atomic mass is 11.9. The molecule has 0 spiro atoms. The van der Waals surface area contributed by atoms with E-state index >= 15 is 0 Å². The van der Waals surface area contributed by atoms with Crippen LogP contribution in [0.3, 0.4) is 0 Å². The summed E-state index contributed by atoms with van der Waals surface area (Å²) in [6.45, 7) is 0. The molecular formula is CHBrI2O3S. The quantitative estimate of drug-likeness (QED) is 0.395. The lowest BCUT2D eigenvalue weighted by Crippen LogP contribution is -2.15. The van der Waals surface area contributed by atoms with Crippen LogP contribution >= 0.6 is 61.1 Å². The molecule has 0 fully saturated rings. The standard InChI is InChI=1S/CHBrI2O3S/c2-1(3,4)8(5,6)7/h(H,5,6,7). The highest BCUT2D eigenvalue weighted by molar-refractivity contribution is 14.2. The summed E-state index contributed by atoms with van der Waals surface area (Å²) in [6.07, 6.45) is 0. The number of hydrogen-bond donors (Lipinski definition) is 1. The molecule has 8 heavy (non-hydrogen) atoms. The van der Waals surface area contributed by atoms with Gasteiger partial charge in [0.05, 0.1) is 0 Å². The van der Waals surface area contributed by atoms with Crippen LogP contribution in [0.5, 0.6) is 0 Å². The normalized spacial score (nSPS) is 14.0. The third-order valence-corrected chi connectivity index (χ3v) is 5.44. The Morgan fingerprint density at radius 2 is 1.62 bits per heavy atom. The van der Waals surface area contributed by atoms with Gasteiger partial charge in [-0.05, 0) is 61.1 Å². The molecular weight excluding hydrogens is 426 g/mol. The monoisotopic (exact) mass is 426 g/mol. The van der Waals surface area contributed by atoms with Crippen LogP contribution < -0.4 is 0 Å². The fraction of sp³-hybridized carbons (Fsp3) is 1.00. The Hall–Kier alpha value is 1.85. The van der Waals surface area contributed by atoms with Crippen LogP contribution in [0.2, 0.25) is 0 Å². The lowest BCUT2D eigenvalue weighted by molar-refractivity contribution is 0.487. The van der Waals surface area contributed by atoms with Gasteiger partial charge in [0, 0.05) is 0 Å². The summed E-state index contributed by atoms with van der Waals surface area (Å²) in [6, 6.07) is 0. The number of hydrogen-bond acceptors (Lipinski definition) is 2. The van der Waals surface area contributed by atoms with E-state index in [9.17, 15) is 8.42 Å². The number of halogens is 3. The van der Waals surface area contributed by atoms with E-state index in [0.717, 1.165) is 0 Å². The minimum Gasteiger partial charge on any atom is -0.283 e.